The minimum absolute atomic E-state index is 0.0247. The van der Waals surface area contributed by atoms with E-state index in [4.69, 9.17) is 19.7 Å². The Labute approximate surface area is 220 Å². The van der Waals surface area contributed by atoms with Crippen LogP contribution in [-0.4, -0.2) is 71.9 Å². The number of aromatic amines is 1. The molecule has 2 saturated heterocycles. The smallest absolute Gasteiger partial charge is 0.327 e. The number of aliphatic hydroxyl groups excluding tert-OH is 1. The zero-order chi connectivity index (χ0) is 27.2. The number of anilines is 1. The molecule has 5 rings (SSSR count). The third-order valence-electron chi connectivity index (χ3n) is 6.44. The van der Waals surface area contributed by atoms with Gasteiger partial charge in [0.05, 0.1) is 12.9 Å². The predicted molar refractivity (Wildman–Crippen MR) is 137 cm³/mol. The number of H-pyrrole nitrogens is 1. The van der Waals surface area contributed by atoms with Gasteiger partial charge in [-0.25, -0.2) is 10.1 Å². The number of nitrogens with zero attached hydrogens (tertiary/aromatic N) is 3. The number of esters is 1. The summed E-state index contributed by atoms with van der Waals surface area (Å²) in [5, 5.41) is 24.5. The Kier molecular flexibility index (Phi) is 7.11. The lowest BCUT2D eigenvalue weighted by atomic mass is 9.96. The number of imidazole rings is 1. The lowest BCUT2D eigenvalue weighted by Crippen LogP contribution is -2.44. The number of nitrogens with one attached hydrogen (secondary N) is 2. The molecule has 7 atom stereocenters. The van der Waals surface area contributed by atoms with E-state index < -0.39 is 54.4 Å². The van der Waals surface area contributed by atoms with Gasteiger partial charge < -0.3 is 29.9 Å². The fourth-order valence-electron chi connectivity index (χ4n) is 4.35. The summed E-state index contributed by atoms with van der Waals surface area (Å²) in [6.45, 7) is -0.825. The number of ether oxygens (including phenoxy) is 2. The third-order valence-corrected chi connectivity index (χ3v) is 10.5. The number of carbonyl (C=O) groups excluding carboxylic acids is 1. The van der Waals surface area contributed by atoms with E-state index in [0.29, 0.717) is 0 Å². The van der Waals surface area contributed by atoms with Crippen LogP contribution in [-0.2, 0) is 23.4 Å². The van der Waals surface area contributed by atoms with Crippen molar-refractivity contribution in [3.63, 3.8) is 0 Å². The molecule has 6 N–H and O–H groups in total. The normalized spacial score (nSPS) is 32.0. The number of carbonyl (C=O) groups is 1. The van der Waals surface area contributed by atoms with E-state index in [1.165, 1.54) is 17.8 Å². The number of hydrogen-bond donors (Lipinski definition) is 5. The number of nitrogen functional groups attached to an aromatic ring is 1. The summed E-state index contributed by atoms with van der Waals surface area (Å²) in [7, 11) is 0. The quantitative estimate of drug-likeness (QED) is 0.199. The second kappa shape index (κ2) is 10.1. The van der Waals surface area contributed by atoms with Crippen LogP contribution in [0.4, 0.5) is 5.95 Å². The summed E-state index contributed by atoms with van der Waals surface area (Å²) < 4.78 is 31.5. The first kappa shape index (κ1) is 26.8. The molecule has 14 nitrogen and oxygen atoms in total. The summed E-state index contributed by atoms with van der Waals surface area (Å²) >= 11 is 0.937. The van der Waals surface area contributed by atoms with Crippen LogP contribution in [0, 0.1) is 0 Å². The minimum atomic E-state index is -3.55. The van der Waals surface area contributed by atoms with Gasteiger partial charge in [0.25, 0.3) is 5.56 Å². The fourth-order valence-corrected chi connectivity index (χ4v) is 8.23. The van der Waals surface area contributed by atoms with Crippen LogP contribution in [0.5, 0.6) is 0 Å². The van der Waals surface area contributed by atoms with E-state index in [0.717, 1.165) is 16.9 Å². The van der Waals surface area contributed by atoms with Gasteiger partial charge in [0, 0.05) is 5.75 Å². The highest BCUT2D eigenvalue weighted by Crippen LogP contribution is 2.61. The molecule has 2 aliphatic rings. The van der Waals surface area contributed by atoms with Crippen molar-refractivity contribution in [3.05, 3.63) is 52.6 Å². The van der Waals surface area contributed by atoms with Crippen LogP contribution in [0.3, 0.4) is 0 Å². The summed E-state index contributed by atoms with van der Waals surface area (Å²) in [6, 6.07) is 8.37. The van der Waals surface area contributed by atoms with Gasteiger partial charge in [-0.1, -0.05) is 41.7 Å². The van der Waals surface area contributed by atoms with Gasteiger partial charge in [0.2, 0.25) is 5.95 Å². The van der Waals surface area contributed by atoms with E-state index in [2.05, 4.69) is 20.0 Å². The molecule has 0 aliphatic carbocycles. The molecule has 204 valence electrons. The maximum atomic E-state index is 13.2. The average Bonchev–Trinajstić information content (AvgIpc) is 3.54. The number of nitrogens with two attached hydrogens (primary N) is 1. The Morgan fingerprint density at radius 2 is 2.16 bits per heavy atom. The average molecular weight is 567 g/mol. The first-order valence-electron chi connectivity index (χ1n) is 11.7. The van der Waals surface area contributed by atoms with Crippen molar-refractivity contribution in [3.8, 4) is 0 Å². The SMILES string of the molecule is C[C@H](OC(=O)[C@@H]1CSP(=O)(OC[C@H]2O[C@@H](n3cnc4c(=O)[nH]c(N)nc43)[C@](C)(O)[C@@H]2O)N1)c1ccccc1. The van der Waals surface area contributed by atoms with Gasteiger partial charge in [0.1, 0.15) is 30.0 Å². The van der Waals surface area contributed by atoms with Crippen LogP contribution in [0.15, 0.2) is 41.5 Å². The van der Waals surface area contributed by atoms with Crippen LogP contribution >= 0.6 is 18.1 Å². The van der Waals surface area contributed by atoms with Crippen LogP contribution in [0.25, 0.3) is 11.2 Å². The molecular formula is C22H27N6O8PS. The fraction of sp³-hybridized carbons (Fsp3) is 0.455. The molecule has 2 fully saturated rings. The van der Waals surface area contributed by atoms with Crippen molar-refractivity contribution in [2.75, 3.05) is 18.1 Å². The summed E-state index contributed by atoms with van der Waals surface area (Å²) in [4.78, 5) is 35.1. The van der Waals surface area contributed by atoms with Gasteiger partial charge in [0.15, 0.2) is 17.4 Å². The van der Waals surface area contributed by atoms with Crippen molar-refractivity contribution in [2.45, 2.75) is 50.0 Å². The molecule has 0 amide bonds. The molecule has 0 radical (unpaired) electrons. The minimum Gasteiger partial charge on any atom is -0.457 e. The van der Waals surface area contributed by atoms with Crippen molar-refractivity contribution in [2.24, 2.45) is 0 Å². The topological polar surface area (TPSA) is 204 Å². The Bertz CT molecular complexity index is 1450. The number of benzene rings is 1. The largest absolute Gasteiger partial charge is 0.457 e. The van der Waals surface area contributed by atoms with E-state index in [-0.39, 0.29) is 29.5 Å². The Morgan fingerprint density at radius 1 is 1.42 bits per heavy atom. The molecule has 0 spiro atoms. The first-order valence-corrected chi connectivity index (χ1v) is 14.9. The second-order valence-electron chi connectivity index (χ2n) is 9.23. The van der Waals surface area contributed by atoms with E-state index in [9.17, 15) is 24.4 Å². The lowest BCUT2D eigenvalue weighted by molar-refractivity contribution is -0.150. The van der Waals surface area contributed by atoms with Crippen LogP contribution < -0.4 is 16.4 Å². The van der Waals surface area contributed by atoms with E-state index in [1.54, 1.807) is 6.92 Å². The lowest BCUT2D eigenvalue weighted by Gasteiger charge is -2.27. The van der Waals surface area contributed by atoms with E-state index >= 15 is 0 Å². The van der Waals surface area contributed by atoms with Gasteiger partial charge in [-0.15, -0.1) is 0 Å². The summed E-state index contributed by atoms with van der Waals surface area (Å²) in [5.74, 6) is -0.561. The molecule has 2 aliphatic heterocycles. The molecule has 2 aromatic heterocycles. The molecule has 1 unspecified atom stereocenters. The Morgan fingerprint density at radius 3 is 2.89 bits per heavy atom. The second-order valence-corrected chi connectivity index (χ2v) is 13.6. The maximum absolute atomic E-state index is 13.2. The molecule has 0 bridgehead atoms. The van der Waals surface area contributed by atoms with Crippen molar-refractivity contribution >= 4 is 41.2 Å². The maximum Gasteiger partial charge on any atom is 0.327 e. The van der Waals surface area contributed by atoms with Crippen molar-refractivity contribution in [1.82, 2.24) is 24.6 Å². The monoisotopic (exact) mass is 566 g/mol. The summed E-state index contributed by atoms with van der Waals surface area (Å²) in [6.07, 6.45) is -3.03. The molecule has 38 heavy (non-hydrogen) atoms. The van der Waals surface area contributed by atoms with E-state index in [1.807, 2.05) is 30.3 Å². The van der Waals surface area contributed by atoms with Gasteiger partial charge >= 0.3 is 12.7 Å². The number of hydrogen-bond acceptors (Lipinski definition) is 12. The summed E-state index contributed by atoms with van der Waals surface area (Å²) in [5.41, 5.74) is 4.07. The number of rotatable bonds is 7. The van der Waals surface area contributed by atoms with Crippen LogP contribution in [0.2, 0.25) is 0 Å². The predicted octanol–water partition coefficient (Wildman–Crippen LogP) is 0.845. The number of aliphatic hydroxyl groups is 2. The van der Waals surface area contributed by atoms with Crippen molar-refractivity contribution < 1.29 is 33.6 Å². The molecule has 16 heteroatoms. The Hall–Kier alpha value is -2.78. The van der Waals surface area contributed by atoms with Gasteiger partial charge in [-0.05, 0) is 19.4 Å². The highest BCUT2D eigenvalue weighted by Gasteiger charge is 2.54. The molecule has 4 heterocycles. The zero-order valence-corrected chi connectivity index (χ0v) is 22.1. The molecule has 1 aromatic carbocycles. The zero-order valence-electron chi connectivity index (χ0n) is 20.4. The van der Waals surface area contributed by atoms with Crippen LogP contribution in [0.1, 0.15) is 31.7 Å². The van der Waals surface area contributed by atoms with Gasteiger partial charge in [-0.3, -0.25) is 23.7 Å². The molecular weight excluding hydrogens is 539 g/mol. The first-order chi connectivity index (χ1) is 18.0. The Balaban J connectivity index is 1.23. The number of aromatic nitrogens is 4. The van der Waals surface area contributed by atoms with Gasteiger partial charge in [-0.2, -0.15) is 4.98 Å². The highest BCUT2D eigenvalue weighted by atomic mass is 32.7. The van der Waals surface area contributed by atoms with Crippen molar-refractivity contribution in [1.29, 1.82) is 0 Å². The standard InChI is InChI=1S/C22H27N6O8PS/c1-11(12-6-4-3-5-7-12)35-19(31)13-9-38-37(33,27-13)34-8-14-16(29)22(2,32)20(36-14)28-10-24-15-17(28)25-21(23)26-18(15)30/h3-7,10-11,13-14,16,20,29,32H,8-9H2,1-2H3,(H,27,33)(H3,23,25,26,30)/t11-,13-,14+,16+,20+,22+,37?/m0/s1. The molecule has 3 aromatic rings. The highest BCUT2D eigenvalue weighted by molar-refractivity contribution is 8.56. The third kappa shape index (κ3) is 4.98. The molecule has 0 saturated carbocycles. The number of fused-ring (bicyclic) bond motifs is 1.